The number of nitrogens with zero attached hydrogens (tertiary/aromatic N) is 3. The molecule has 1 aromatic heterocycles. The highest BCUT2D eigenvalue weighted by molar-refractivity contribution is 5.94. The van der Waals surface area contributed by atoms with E-state index in [1.54, 1.807) is 58.6 Å². The first-order chi connectivity index (χ1) is 14.9. The molecular weight excluding hydrogens is 392 g/mol. The van der Waals surface area contributed by atoms with Gasteiger partial charge in [0.15, 0.2) is 0 Å². The number of benzene rings is 2. The number of aromatic nitrogens is 2. The number of hydrogen-bond acceptors (Lipinski definition) is 4. The quantitative estimate of drug-likeness (QED) is 0.649. The molecule has 0 spiro atoms. The molecule has 1 N–H and O–H groups in total. The second kappa shape index (κ2) is 9.63. The molecule has 0 aliphatic carbocycles. The van der Waals surface area contributed by atoms with Crippen molar-refractivity contribution in [2.24, 2.45) is 7.05 Å². The van der Waals surface area contributed by atoms with Crippen molar-refractivity contribution in [3.63, 3.8) is 0 Å². The van der Waals surface area contributed by atoms with Crippen molar-refractivity contribution in [2.45, 2.75) is 0 Å². The van der Waals surface area contributed by atoms with Gasteiger partial charge >= 0.3 is 0 Å². The van der Waals surface area contributed by atoms with Gasteiger partial charge in [0.1, 0.15) is 11.4 Å². The Morgan fingerprint density at radius 2 is 1.84 bits per heavy atom. The van der Waals surface area contributed by atoms with Crippen molar-refractivity contribution in [3.05, 3.63) is 71.4 Å². The molecule has 0 saturated carbocycles. The third kappa shape index (κ3) is 5.11. The molecule has 0 atom stereocenters. The van der Waals surface area contributed by atoms with Gasteiger partial charge < -0.3 is 15.0 Å². The Morgan fingerprint density at radius 3 is 2.52 bits per heavy atom. The summed E-state index contributed by atoms with van der Waals surface area (Å²) >= 11 is 0. The van der Waals surface area contributed by atoms with Gasteiger partial charge in [-0.2, -0.15) is 5.10 Å². The van der Waals surface area contributed by atoms with Crippen LogP contribution in [0.1, 0.15) is 26.4 Å². The lowest BCUT2D eigenvalue weighted by atomic mass is 10.1. The Balaban J connectivity index is 1.64. The van der Waals surface area contributed by atoms with Crippen molar-refractivity contribution in [1.29, 1.82) is 0 Å². The summed E-state index contributed by atoms with van der Waals surface area (Å²) in [5.74, 6) is 6.27. The largest absolute Gasteiger partial charge is 0.496 e. The highest BCUT2D eigenvalue weighted by Gasteiger charge is 2.15. The molecule has 0 aliphatic heterocycles. The van der Waals surface area contributed by atoms with Gasteiger partial charge in [0.05, 0.1) is 19.3 Å². The van der Waals surface area contributed by atoms with Gasteiger partial charge in [-0.3, -0.25) is 14.3 Å². The Hall–Kier alpha value is -4.05. The normalized spacial score (nSPS) is 10.1. The Labute approximate surface area is 181 Å². The first kappa shape index (κ1) is 21.7. The van der Waals surface area contributed by atoms with Crippen LogP contribution in [0.2, 0.25) is 0 Å². The summed E-state index contributed by atoms with van der Waals surface area (Å²) in [7, 11) is 6.73. The maximum absolute atomic E-state index is 12.5. The van der Waals surface area contributed by atoms with Crippen LogP contribution in [-0.4, -0.2) is 54.2 Å². The lowest BCUT2D eigenvalue weighted by Gasteiger charge is -2.09. The van der Waals surface area contributed by atoms with Gasteiger partial charge in [-0.25, -0.2) is 0 Å². The highest BCUT2D eigenvalue weighted by atomic mass is 16.5. The summed E-state index contributed by atoms with van der Waals surface area (Å²) < 4.78 is 6.91. The fourth-order valence-corrected chi connectivity index (χ4v) is 2.98. The van der Waals surface area contributed by atoms with Gasteiger partial charge in [-0.1, -0.05) is 24.0 Å². The minimum atomic E-state index is -0.266. The van der Waals surface area contributed by atoms with E-state index in [0.29, 0.717) is 22.7 Å². The molecule has 3 aromatic rings. The number of ether oxygens (including phenoxy) is 1. The number of methoxy groups -OCH3 is 1. The van der Waals surface area contributed by atoms with E-state index in [1.165, 1.54) is 9.58 Å². The summed E-state index contributed by atoms with van der Waals surface area (Å²) in [5, 5.41) is 7.21. The highest BCUT2D eigenvalue weighted by Crippen LogP contribution is 2.28. The average molecular weight is 416 g/mol. The summed E-state index contributed by atoms with van der Waals surface area (Å²) in [6, 6.07) is 16.3. The Bertz CT molecular complexity index is 1150. The van der Waals surface area contributed by atoms with Crippen molar-refractivity contribution in [1.82, 2.24) is 20.0 Å². The molecule has 3 rings (SSSR count). The number of rotatable bonds is 5. The molecule has 2 aromatic carbocycles. The van der Waals surface area contributed by atoms with Crippen LogP contribution in [0.3, 0.4) is 0 Å². The molecule has 7 nitrogen and oxygen atoms in total. The number of amides is 2. The minimum absolute atomic E-state index is 0.0598. The topological polar surface area (TPSA) is 76.5 Å². The van der Waals surface area contributed by atoms with E-state index in [9.17, 15) is 9.59 Å². The molecular formula is C24H24N4O3. The van der Waals surface area contributed by atoms with Crippen LogP contribution in [0, 0.1) is 11.8 Å². The molecule has 0 bridgehead atoms. The first-order valence-corrected chi connectivity index (χ1v) is 9.67. The van der Waals surface area contributed by atoms with E-state index in [0.717, 1.165) is 11.1 Å². The van der Waals surface area contributed by atoms with E-state index < -0.39 is 0 Å². The zero-order valence-corrected chi connectivity index (χ0v) is 18.0. The SMILES string of the molecule is COc1ccccc1-c1cc(C(=O)NCC#Cc2ccc(C(=O)N(C)C)cc2)n(C)n1. The number of carbonyl (C=O) groups is 2. The molecule has 0 aliphatic rings. The summed E-state index contributed by atoms with van der Waals surface area (Å²) in [6.07, 6.45) is 0. The minimum Gasteiger partial charge on any atom is -0.496 e. The van der Waals surface area contributed by atoms with Crippen LogP contribution >= 0.6 is 0 Å². The predicted octanol–water partition coefficient (Wildman–Crippen LogP) is 2.58. The number of carbonyl (C=O) groups excluding carboxylic acids is 2. The van der Waals surface area contributed by atoms with Crippen LogP contribution in [0.15, 0.2) is 54.6 Å². The number of para-hydroxylation sites is 1. The molecule has 0 saturated heterocycles. The molecule has 31 heavy (non-hydrogen) atoms. The smallest absolute Gasteiger partial charge is 0.270 e. The fraction of sp³-hybridized carbons (Fsp3) is 0.208. The maximum Gasteiger partial charge on any atom is 0.270 e. The second-order valence-electron chi connectivity index (χ2n) is 7.00. The van der Waals surface area contributed by atoms with Crippen LogP contribution < -0.4 is 10.1 Å². The van der Waals surface area contributed by atoms with Crippen LogP contribution in [-0.2, 0) is 7.05 Å². The zero-order valence-electron chi connectivity index (χ0n) is 18.0. The van der Waals surface area contributed by atoms with E-state index >= 15 is 0 Å². The summed E-state index contributed by atoms with van der Waals surface area (Å²) in [5.41, 5.74) is 3.27. The van der Waals surface area contributed by atoms with Crippen molar-refractivity contribution < 1.29 is 14.3 Å². The third-order valence-corrected chi connectivity index (χ3v) is 4.60. The predicted molar refractivity (Wildman–Crippen MR) is 119 cm³/mol. The maximum atomic E-state index is 12.5. The van der Waals surface area contributed by atoms with E-state index in [1.807, 2.05) is 24.3 Å². The average Bonchev–Trinajstić information content (AvgIpc) is 3.17. The van der Waals surface area contributed by atoms with Gasteiger partial charge in [0.2, 0.25) is 0 Å². The molecule has 0 radical (unpaired) electrons. The van der Waals surface area contributed by atoms with Crippen molar-refractivity contribution >= 4 is 11.8 Å². The molecule has 0 unspecified atom stereocenters. The van der Waals surface area contributed by atoms with Gasteiger partial charge in [0.25, 0.3) is 11.8 Å². The zero-order chi connectivity index (χ0) is 22.4. The first-order valence-electron chi connectivity index (χ1n) is 9.67. The van der Waals surface area contributed by atoms with Crippen molar-refractivity contribution in [3.8, 4) is 28.8 Å². The lowest BCUT2D eigenvalue weighted by molar-refractivity contribution is 0.0827. The number of aryl methyl sites for hydroxylation is 1. The van der Waals surface area contributed by atoms with Gasteiger partial charge in [-0.15, -0.1) is 0 Å². The fourth-order valence-electron chi connectivity index (χ4n) is 2.98. The monoisotopic (exact) mass is 416 g/mol. The van der Waals surface area contributed by atoms with Crippen LogP contribution in [0.5, 0.6) is 5.75 Å². The Morgan fingerprint density at radius 1 is 1.13 bits per heavy atom. The molecule has 7 heteroatoms. The lowest BCUT2D eigenvalue weighted by Crippen LogP contribution is -2.25. The standard InChI is InChI=1S/C24H24N4O3/c1-27(2)24(30)18-13-11-17(12-14-18)8-7-15-25-23(29)21-16-20(26-28(21)3)19-9-5-6-10-22(19)31-4/h5-6,9-14,16H,15H2,1-4H3,(H,25,29). The Kier molecular flexibility index (Phi) is 6.73. The second-order valence-corrected chi connectivity index (χ2v) is 7.00. The number of nitrogens with one attached hydrogen (secondary N) is 1. The van der Waals surface area contributed by atoms with E-state index in [4.69, 9.17) is 4.74 Å². The van der Waals surface area contributed by atoms with E-state index in [-0.39, 0.29) is 18.4 Å². The molecule has 1 heterocycles. The van der Waals surface area contributed by atoms with Crippen LogP contribution in [0.25, 0.3) is 11.3 Å². The third-order valence-electron chi connectivity index (χ3n) is 4.60. The number of hydrogen-bond donors (Lipinski definition) is 1. The molecule has 2 amide bonds. The summed E-state index contributed by atoms with van der Waals surface area (Å²) in [6.45, 7) is 0.187. The van der Waals surface area contributed by atoms with Crippen molar-refractivity contribution in [2.75, 3.05) is 27.7 Å². The van der Waals surface area contributed by atoms with Gasteiger partial charge in [0, 0.05) is 37.8 Å². The van der Waals surface area contributed by atoms with Gasteiger partial charge in [-0.05, 0) is 42.5 Å². The molecule has 0 fully saturated rings. The summed E-state index contributed by atoms with van der Waals surface area (Å²) in [4.78, 5) is 26.0. The van der Waals surface area contributed by atoms with Crippen LogP contribution in [0.4, 0.5) is 0 Å². The van der Waals surface area contributed by atoms with E-state index in [2.05, 4.69) is 22.3 Å². The molecule has 158 valence electrons.